The summed E-state index contributed by atoms with van der Waals surface area (Å²) in [5, 5.41) is 4.19. The molecule has 3 nitrogen and oxygen atoms in total. The van der Waals surface area contributed by atoms with Gasteiger partial charge in [-0.3, -0.25) is 4.55 Å². The molecule has 0 aliphatic heterocycles. The highest BCUT2D eigenvalue weighted by molar-refractivity contribution is 7.85. The average molecular weight is 434 g/mol. The Labute approximate surface area is 179 Å². The first-order valence-electron chi connectivity index (χ1n) is 9.44. The highest BCUT2D eigenvalue weighted by Gasteiger charge is 2.15. The van der Waals surface area contributed by atoms with Gasteiger partial charge in [0.15, 0.2) is 0 Å². The lowest BCUT2D eigenvalue weighted by Gasteiger charge is -2.18. The monoisotopic (exact) mass is 434 g/mol. The number of hydrogen-bond acceptors (Lipinski definition) is 2. The fourth-order valence-electron chi connectivity index (χ4n) is 2.89. The van der Waals surface area contributed by atoms with Crippen molar-refractivity contribution in [1.82, 2.24) is 0 Å². The van der Waals surface area contributed by atoms with Gasteiger partial charge < -0.3 is 0 Å². The van der Waals surface area contributed by atoms with Gasteiger partial charge in [0.05, 0.1) is 4.90 Å². The lowest BCUT2D eigenvalue weighted by molar-refractivity contribution is 0.483. The molecule has 0 heterocycles. The molecule has 152 valence electrons. The molecule has 0 saturated carbocycles. The van der Waals surface area contributed by atoms with Gasteiger partial charge in [-0.15, -0.1) is 0 Å². The van der Waals surface area contributed by atoms with E-state index in [4.69, 9.17) is 4.55 Å². The van der Waals surface area contributed by atoms with Crippen LogP contribution in [0, 0.1) is 6.92 Å². The van der Waals surface area contributed by atoms with E-state index in [1.54, 1.807) is 12.1 Å². The van der Waals surface area contributed by atoms with Gasteiger partial charge in [0.25, 0.3) is 10.1 Å². The summed E-state index contributed by atoms with van der Waals surface area (Å²) in [6.07, 6.45) is 0. The number of hydrogen-bond donors (Lipinski definition) is 1. The van der Waals surface area contributed by atoms with E-state index < -0.39 is 18.0 Å². The molecule has 4 aromatic carbocycles. The molecule has 0 fully saturated rings. The van der Waals surface area contributed by atoms with Gasteiger partial charge in [0.2, 0.25) is 0 Å². The Hall–Kier alpha value is -2.78. The lowest BCUT2D eigenvalue weighted by atomic mass is 10.2. The van der Waals surface area contributed by atoms with Crippen LogP contribution in [0.2, 0.25) is 0 Å². The van der Waals surface area contributed by atoms with Gasteiger partial charge in [0.1, 0.15) is 0 Å². The molecule has 0 aliphatic carbocycles. The van der Waals surface area contributed by atoms with Crippen molar-refractivity contribution in [2.24, 2.45) is 0 Å². The number of rotatable bonds is 4. The molecule has 0 bridgehead atoms. The maximum Gasteiger partial charge on any atom is 0.294 e. The smallest absolute Gasteiger partial charge is 0.282 e. The molecule has 4 aromatic rings. The minimum atomic E-state index is -4.02. The average Bonchev–Trinajstić information content (AvgIpc) is 2.76. The zero-order chi connectivity index (χ0) is 21.4. The minimum Gasteiger partial charge on any atom is -0.282 e. The van der Waals surface area contributed by atoms with Crippen LogP contribution >= 0.6 is 7.92 Å². The number of benzene rings is 4. The molecule has 0 saturated heterocycles. The lowest BCUT2D eigenvalue weighted by Crippen LogP contribution is -2.20. The largest absolute Gasteiger partial charge is 0.294 e. The standard InChI is InChI=1S/C18H15P.C7H8O3S/c1-4-10-16(11-5-1)19(17-12-6-2-7-13-17)18-14-8-3-9-15-18;1-6-2-4-7(5-3-6)11(8,9)10/h1-15H;2-5H,1H3,(H,8,9,10). The zero-order valence-corrected chi connectivity index (χ0v) is 18.3. The predicted octanol–water partition coefficient (Wildman–Crippen LogP) is 4.69. The fourth-order valence-corrected chi connectivity index (χ4v) is 5.67. The Kier molecular flexibility index (Phi) is 7.53. The fraction of sp³-hybridized carbons (Fsp3) is 0.0400. The molecular weight excluding hydrogens is 411 g/mol. The molecule has 0 spiro atoms. The Morgan fingerprint density at radius 3 is 1.20 bits per heavy atom. The van der Waals surface area contributed by atoms with E-state index in [-0.39, 0.29) is 4.90 Å². The molecule has 0 amide bonds. The van der Waals surface area contributed by atoms with Crippen molar-refractivity contribution < 1.29 is 13.0 Å². The van der Waals surface area contributed by atoms with Crippen molar-refractivity contribution >= 4 is 34.0 Å². The maximum atomic E-state index is 10.5. The van der Waals surface area contributed by atoms with E-state index in [2.05, 4.69) is 91.0 Å². The summed E-state index contributed by atoms with van der Waals surface area (Å²) >= 11 is 0. The highest BCUT2D eigenvalue weighted by atomic mass is 32.2. The second-order valence-corrected chi connectivity index (χ2v) is 10.3. The summed E-state index contributed by atoms with van der Waals surface area (Å²) in [6, 6.07) is 38.3. The first kappa shape index (κ1) is 21.9. The zero-order valence-electron chi connectivity index (χ0n) is 16.6. The van der Waals surface area contributed by atoms with Crippen LogP contribution in [0.4, 0.5) is 0 Å². The second kappa shape index (κ2) is 10.3. The second-order valence-electron chi connectivity index (χ2n) is 6.63. The third-order valence-electron chi connectivity index (χ3n) is 4.36. The Morgan fingerprint density at radius 2 is 0.900 bits per heavy atom. The molecule has 0 aromatic heterocycles. The Morgan fingerprint density at radius 1 is 0.567 bits per heavy atom. The normalized spacial score (nSPS) is 10.9. The van der Waals surface area contributed by atoms with Crippen LogP contribution in [0.25, 0.3) is 0 Å². The van der Waals surface area contributed by atoms with Crippen LogP contribution in [-0.4, -0.2) is 13.0 Å². The summed E-state index contributed by atoms with van der Waals surface area (Å²) in [7, 11) is -4.47. The molecule has 0 radical (unpaired) electrons. The van der Waals surface area contributed by atoms with Crippen LogP contribution in [0.5, 0.6) is 0 Å². The van der Waals surface area contributed by atoms with Gasteiger partial charge in [-0.1, -0.05) is 109 Å². The van der Waals surface area contributed by atoms with Crippen molar-refractivity contribution in [1.29, 1.82) is 0 Å². The van der Waals surface area contributed by atoms with Crippen LogP contribution in [-0.2, 0) is 10.1 Å². The third-order valence-corrected chi connectivity index (χ3v) is 7.67. The topological polar surface area (TPSA) is 54.4 Å². The van der Waals surface area contributed by atoms with Crippen molar-refractivity contribution in [3.63, 3.8) is 0 Å². The van der Waals surface area contributed by atoms with Crippen LogP contribution in [0.3, 0.4) is 0 Å². The van der Waals surface area contributed by atoms with E-state index in [1.807, 2.05) is 6.92 Å². The Bertz CT molecular complexity index is 1050. The predicted molar refractivity (Wildman–Crippen MR) is 126 cm³/mol. The molecule has 0 aliphatic rings. The van der Waals surface area contributed by atoms with E-state index in [0.29, 0.717) is 0 Å². The Balaban J connectivity index is 0.000000199. The summed E-state index contributed by atoms with van der Waals surface area (Å²) < 4.78 is 29.6. The summed E-state index contributed by atoms with van der Waals surface area (Å²) in [4.78, 5) is -0.0666. The molecule has 0 atom stereocenters. The first-order chi connectivity index (χ1) is 14.4. The van der Waals surface area contributed by atoms with Crippen molar-refractivity contribution in [3.05, 3.63) is 121 Å². The van der Waals surface area contributed by atoms with Crippen molar-refractivity contribution in [3.8, 4) is 0 Å². The summed E-state index contributed by atoms with van der Waals surface area (Å²) in [5.74, 6) is 0. The van der Waals surface area contributed by atoms with Crippen LogP contribution < -0.4 is 15.9 Å². The minimum absolute atomic E-state index is 0.0666. The van der Waals surface area contributed by atoms with Gasteiger partial charge >= 0.3 is 0 Å². The van der Waals surface area contributed by atoms with E-state index in [9.17, 15) is 8.42 Å². The van der Waals surface area contributed by atoms with Crippen molar-refractivity contribution in [2.75, 3.05) is 0 Å². The van der Waals surface area contributed by atoms with E-state index in [1.165, 1.54) is 28.0 Å². The summed E-state index contributed by atoms with van der Waals surface area (Å²) in [5.41, 5.74) is 0.956. The molecule has 30 heavy (non-hydrogen) atoms. The third kappa shape index (κ3) is 6.11. The molecule has 1 N–H and O–H groups in total. The van der Waals surface area contributed by atoms with E-state index in [0.717, 1.165) is 5.56 Å². The van der Waals surface area contributed by atoms with Gasteiger partial charge in [-0.05, 0) is 42.9 Å². The van der Waals surface area contributed by atoms with Crippen molar-refractivity contribution in [2.45, 2.75) is 11.8 Å². The first-order valence-corrected chi connectivity index (χ1v) is 12.2. The van der Waals surface area contributed by atoms with Gasteiger partial charge in [0, 0.05) is 0 Å². The SMILES string of the molecule is Cc1ccc(S(=O)(=O)O)cc1.c1ccc(P(c2ccccc2)c2ccccc2)cc1. The van der Waals surface area contributed by atoms with Crippen LogP contribution in [0.1, 0.15) is 5.56 Å². The quantitative estimate of drug-likeness (QED) is 0.375. The van der Waals surface area contributed by atoms with Crippen LogP contribution in [0.15, 0.2) is 120 Å². The van der Waals surface area contributed by atoms with E-state index >= 15 is 0 Å². The molecular formula is C25H23O3PS. The summed E-state index contributed by atoms with van der Waals surface area (Å²) in [6.45, 7) is 1.84. The maximum absolute atomic E-state index is 10.5. The molecule has 4 rings (SSSR count). The molecule has 5 heteroatoms. The van der Waals surface area contributed by atoms with Gasteiger partial charge in [-0.2, -0.15) is 8.42 Å². The van der Waals surface area contributed by atoms with Gasteiger partial charge in [-0.25, -0.2) is 0 Å². The molecule has 0 unspecified atom stereocenters. The highest BCUT2D eigenvalue weighted by Crippen LogP contribution is 2.32. The number of aryl methyl sites for hydroxylation is 1.